The van der Waals surface area contributed by atoms with Crippen molar-refractivity contribution in [1.29, 1.82) is 0 Å². The highest BCUT2D eigenvalue weighted by Crippen LogP contribution is 2.32. The summed E-state index contributed by atoms with van der Waals surface area (Å²) in [5, 5.41) is 14.0. The fourth-order valence-corrected chi connectivity index (χ4v) is 2.94. The third-order valence-corrected chi connectivity index (χ3v) is 3.84. The quantitative estimate of drug-likeness (QED) is 0.619. The van der Waals surface area contributed by atoms with E-state index in [9.17, 15) is 10.1 Å². The summed E-state index contributed by atoms with van der Waals surface area (Å²) in [7, 11) is 0. The van der Waals surface area contributed by atoms with Crippen LogP contribution in [0.15, 0.2) is 24.3 Å². The third kappa shape index (κ3) is 1.76. The molecule has 0 unspecified atom stereocenters. The molecule has 5 heteroatoms. The predicted octanol–water partition coefficient (Wildman–Crippen LogP) is 1.39. The zero-order valence-corrected chi connectivity index (χ0v) is 9.50. The summed E-state index contributed by atoms with van der Waals surface area (Å²) in [6, 6.07) is 7.46. The number of rotatable bonds is 2. The van der Waals surface area contributed by atoms with Crippen LogP contribution in [0.3, 0.4) is 0 Å². The second-order valence-corrected chi connectivity index (χ2v) is 4.74. The van der Waals surface area contributed by atoms with Gasteiger partial charge in [0.15, 0.2) is 0 Å². The van der Waals surface area contributed by atoms with Crippen LogP contribution in [0.2, 0.25) is 0 Å². The lowest BCUT2D eigenvalue weighted by Crippen LogP contribution is -2.33. The number of non-ortho nitro benzene ring substituents is 1. The maximum Gasteiger partial charge on any atom is 0.269 e. The van der Waals surface area contributed by atoms with E-state index >= 15 is 0 Å². The molecule has 90 valence electrons. The van der Waals surface area contributed by atoms with Gasteiger partial charge in [0.2, 0.25) is 0 Å². The molecule has 0 saturated carbocycles. The van der Waals surface area contributed by atoms with Gasteiger partial charge in [-0.3, -0.25) is 10.1 Å². The average Bonchev–Trinajstić information content (AvgIpc) is 2.90. The van der Waals surface area contributed by atoms with E-state index in [4.69, 9.17) is 0 Å². The highest BCUT2D eigenvalue weighted by molar-refractivity contribution is 5.53. The summed E-state index contributed by atoms with van der Waals surface area (Å²) < 4.78 is 0. The standard InChI is InChI=1S/C12H15N3O2/c16-15(17)11-3-1-10(2-4-11)14-6-5-9-7-13-8-12(9)14/h1-4,9,12-13H,5-8H2/t9-,12+/m0/s1. The zero-order chi connectivity index (χ0) is 11.8. The molecule has 1 aromatic carbocycles. The minimum absolute atomic E-state index is 0.161. The van der Waals surface area contributed by atoms with Crippen molar-refractivity contribution < 1.29 is 4.92 Å². The molecule has 2 heterocycles. The van der Waals surface area contributed by atoms with E-state index in [0.717, 1.165) is 31.2 Å². The zero-order valence-electron chi connectivity index (χ0n) is 9.50. The van der Waals surface area contributed by atoms with Gasteiger partial charge in [-0.1, -0.05) is 0 Å². The minimum atomic E-state index is -0.353. The summed E-state index contributed by atoms with van der Waals surface area (Å²) in [5.41, 5.74) is 1.26. The minimum Gasteiger partial charge on any atom is -0.367 e. The fourth-order valence-electron chi connectivity index (χ4n) is 2.94. The Kier molecular flexibility index (Phi) is 2.48. The number of hydrogen-bond donors (Lipinski definition) is 1. The highest BCUT2D eigenvalue weighted by Gasteiger charge is 2.37. The Hall–Kier alpha value is -1.62. The molecule has 1 aromatic rings. The van der Waals surface area contributed by atoms with Gasteiger partial charge in [0.1, 0.15) is 0 Å². The van der Waals surface area contributed by atoms with E-state index in [1.54, 1.807) is 12.1 Å². The summed E-state index contributed by atoms with van der Waals surface area (Å²) in [4.78, 5) is 12.6. The molecular weight excluding hydrogens is 218 g/mol. The molecule has 2 atom stereocenters. The van der Waals surface area contributed by atoms with E-state index in [2.05, 4.69) is 10.2 Å². The number of nitrogens with one attached hydrogen (secondary N) is 1. The van der Waals surface area contributed by atoms with Crippen LogP contribution in [-0.4, -0.2) is 30.6 Å². The molecule has 0 radical (unpaired) electrons. The third-order valence-electron chi connectivity index (χ3n) is 3.84. The lowest BCUT2D eigenvalue weighted by molar-refractivity contribution is -0.384. The van der Waals surface area contributed by atoms with Crippen molar-refractivity contribution in [2.24, 2.45) is 5.92 Å². The second kappa shape index (κ2) is 4.00. The fraction of sp³-hybridized carbons (Fsp3) is 0.500. The summed E-state index contributed by atoms with van der Waals surface area (Å²) in [5.74, 6) is 0.741. The van der Waals surface area contributed by atoms with Crippen molar-refractivity contribution in [3.8, 4) is 0 Å². The Morgan fingerprint density at radius 2 is 2.06 bits per heavy atom. The molecule has 0 amide bonds. The molecule has 0 aliphatic carbocycles. The molecule has 3 rings (SSSR count). The topological polar surface area (TPSA) is 58.4 Å². The van der Waals surface area contributed by atoms with Crippen molar-refractivity contribution >= 4 is 11.4 Å². The van der Waals surface area contributed by atoms with E-state index in [1.165, 1.54) is 6.42 Å². The van der Waals surface area contributed by atoms with Gasteiger partial charge < -0.3 is 10.2 Å². The Labute approximate surface area is 99.6 Å². The molecule has 17 heavy (non-hydrogen) atoms. The van der Waals surface area contributed by atoms with Gasteiger partial charge in [0, 0.05) is 43.5 Å². The summed E-state index contributed by atoms with van der Waals surface area (Å²) in [6.45, 7) is 3.20. The number of hydrogen-bond acceptors (Lipinski definition) is 4. The summed E-state index contributed by atoms with van der Waals surface area (Å²) >= 11 is 0. The van der Waals surface area contributed by atoms with Gasteiger partial charge in [-0.2, -0.15) is 0 Å². The van der Waals surface area contributed by atoms with Crippen LogP contribution in [0.1, 0.15) is 6.42 Å². The molecule has 5 nitrogen and oxygen atoms in total. The Balaban J connectivity index is 1.82. The SMILES string of the molecule is O=[N+]([O-])c1ccc(N2CC[C@H]3CNC[C@H]32)cc1. The average molecular weight is 233 g/mol. The first-order valence-corrected chi connectivity index (χ1v) is 5.97. The van der Waals surface area contributed by atoms with E-state index in [0.29, 0.717) is 6.04 Å². The predicted molar refractivity (Wildman–Crippen MR) is 65.2 cm³/mol. The molecular formula is C12H15N3O2. The number of fused-ring (bicyclic) bond motifs is 1. The lowest BCUT2D eigenvalue weighted by Gasteiger charge is -2.25. The van der Waals surface area contributed by atoms with Crippen LogP contribution in [0, 0.1) is 16.0 Å². The highest BCUT2D eigenvalue weighted by atomic mass is 16.6. The Bertz CT molecular complexity index is 432. The Morgan fingerprint density at radius 1 is 1.29 bits per heavy atom. The molecule has 0 aromatic heterocycles. The van der Waals surface area contributed by atoms with Crippen molar-refractivity contribution in [3.05, 3.63) is 34.4 Å². The van der Waals surface area contributed by atoms with E-state index < -0.39 is 0 Å². The molecule has 2 saturated heterocycles. The first kappa shape index (κ1) is 10.5. The monoisotopic (exact) mass is 233 g/mol. The van der Waals surface area contributed by atoms with E-state index in [1.807, 2.05) is 12.1 Å². The number of nitrogens with zero attached hydrogens (tertiary/aromatic N) is 2. The van der Waals surface area contributed by atoms with Gasteiger partial charge in [-0.25, -0.2) is 0 Å². The van der Waals surface area contributed by atoms with Crippen LogP contribution in [-0.2, 0) is 0 Å². The molecule has 0 spiro atoms. The van der Waals surface area contributed by atoms with Gasteiger partial charge in [-0.15, -0.1) is 0 Å². The van der Waals surface area contributed by atoms with Crippen molar-refractivity contribution in [2.45, 2.75) is 12.5 Å². The molecule has 1 N–H and O–H groups in total. The van der Waals surface area contributed by atoms with Crippen molar-refractivity contribution in [3.63, 3.8) is 0 Å². The number of nitro benzene ring substituents is 1. The first-order valence-electron chi connectivity index (χ1n) is 5.97. The second-order valence-electron chi connectivity index (χ2n) is 4.74. The largest absolute Gasteiger partial charge is 0.367 e. The van der Waals surface area contributed by atoms with Crippen LogP contribution in [0.5, 0.6) is 0 Å². The van der Waals surface area contributed by atoms with E-state index in [-0.39, 0.29) is 10.6 Å². The first-order chi connectivity index (χ1) is 8.25. The van der Waals surface area contributed by atoms with Gasteiger partial charge in [0.05, 0.1) is 4.92 Å². The Morgan fingerprint density at radius 3 is 2.76 bits per heavy atom. The van der Waals surface area contributed by atoms with Crippen LogP contribution in [0.4, 0.5) is 11.4 Å². The summed E-state index contributed by atoms with van der Waals surface area (Å²) in [6.07, 6.45) is 1.22. The molecule has 2 aliphatic heterocycles. The van der Waals surface area contributed by atoms with Crippen molar-refractivity contribution in [2.75, 3.05) is 24.5 Å². The van der Waals surface area contributed by atoms with Crippen LogP contribution in [0.25, 0.3) is 0 Å². The van der Waals surface area contributed by atoms with Crippen molar-refractivity contribution in [1.82, 2.24) is 5.32 Å². The smallest absolute Gasteiger partial charge is 0.269 e. The lowest BCUT2D eigenvalue weighted by atomic mass is 10.1. The van der Waals surface area contributed by atoms with Gasteiger partial charge >= 0.3 is 0 Å². The van der Waals surface area contributed by atoms with Crippen LogP contribution >= 0.6 is 0 Å². The number of benzene rings is 1. The van der Waals surface area contributed by atoms with Crippen LogP contribution < -0.4 is 10.2 Å². The molecule has 2 fully saturated rings. The number of nitro groups is 1. The molecule has 0 bridgehead atoms. The molecule has 2 aliphatic rings. The maximum atomic E-state index is 10.6. The maximum absolute atomic E-state index is 10.6. The number of anilines is 1. The van der Waals surface area contributed by atoms with Gasteiger partial charge in [0.25, 0.3) is 5.69 Å². The van der Waals surface area contributed by atoms with Gasteiger partial charge in [-0.05, 0) is 24.5 Å². The normalized spacial score (nSPS) is 27.2.